The molecule has 0 rings (SSSR count). The molecule has 0 saturated heterocycles. The van der Waals surface area contributed by atoms with Gasteiger partial charge < -0.3 is 2.96 Å². The van der Waals surface area contributed by atoms with Crippen molar-refractivity contribution in [2.45, 2.75) is 24.3 Å². The molecule has 0 atom stereocenters. The zero-order valence-electron chi connectivity index (χ0n) is 4.59. The fourth-order valence-electron chi connectivity index (χ4n) is 0. The highest BCUT2D eigenvalue weighted by molar-refractivity contribution is 6.30. The third kappa shape index (κ3) is 4.70. The maximum absolute atomic E-state index is 11.6. The molecule has 0 spiro atoms. The van der Waals surface area contributed by atoms with Crippen LogP contribution in [0.3, 0.4) is 0 Å². The molecule has 0 unspecified atom stereocenters. The van der Waals surface area contributed by atoms with Crippen LogP contribution in [-0.2, 0) is 0 Å². The van der Waals surface area contributed by atoms with Crippen molar-refractivity contribution in [2.24, 2.45) is 0 Å². The van der Waals surface area contributed by atoms with Crippen LogP contribution in [0.25, 0.3) is 0 Å². The van der Waals surface area contributed by atoms with Crippen LogP contribution in [0.15, 0.2) is 0 Å². The van der Waals surface area contributed by atoms with Gasteiger partial charge in [-0.05, 0) is 0 Å². The Balaban J connectivity index is 3.17. The van der Waals surface area contributed by atoms with Crippen LogP contribution in [0.1, 0.15) is 20.8 Å². The van der Waals surface area contributed by atoms with Crippen LogP contribution in [0.4, 0.5) is 2.96 Å². The number of halogens is 1. The second-order valence-corrected chi connectivity index (χ2v) is 5.08. The standard InChI is InChI=1S/C4H9.FH.Mg/c1-4(2)3;;/h1-3H3;1H;/q;;+1/p-1. The third-order valence-electron chi connectivity index (χ3n) is 0.401. The van der Waals surface area contributed by atoms with Crippen LogP contribution in [0.5, 0.6) is 0 Å². The average Bonchev–Trinajstić information content (AvgIpc) is 1.35. The van der Waals surface area contributed by atoms with E-state index in [2.05, 4.69) is 0 Å². The first-order valence-electron chi connectivity index (χ1n) is 2.12. The summed E-state index contributed by atoms with van der Waals surface area (Å²) in [6, 6.07) is 0. The van der Waals surface area contributed by atoms with Crippen molar-refractivity contribution in [3.63, 3.8) is 0 Å². The molecular weight excluding hydrogens is 91.3 g/mol. The molecule has 0 nitrogen and oxygen atoms in total. The second kappa shape index (κ2) is 2.12. The molecular formula is C4H9FMg. The quantitative estimate of drug-likeness (QED) is 0.407. The van der Waals surface area contributed by atoms with Crippen LogP contribution < -0.4 is 0 Å². The van der Waals surface area contributed by atoms with Crippen molar-refractivity contribution in [3.05, 3.63) is 0 Å². The molecule has 6 heavy (non-hydrogen) atoms. The molecule has 0 aliphatic heterocycles. The normalized spacial score (nSPS) is 10.7. The SMILES string of the molecule is C[C](C)(C)[Mg][F]. The second-order valence-electron chi connectivity index (χ2n) is 2.69. The van der Waals surface area contributed by atoms with E-state index in [1.165, 1.54) is 0 Å². The van der Waals surface area contributed by atoms with Gasteiger partial charge in [0.2, 0.25) is 0 Å². The van der Waals surface area contributed by atoms with Crippen LogP contribution in [0, 0.1) is 0 Å². The Morgan fingerprint density at radius 1 is 1.33 bits per heavy atom. The number of hydrogen-bond donors (Lipinski definition) is 0. The van der Waals surface area contributed by atoms with Gasteiger partial charge in [-0.25, -0.2) is 0 Å². The van der Waals surface area contributed by atoms with Gasteiger partial charge in [-0.1, -0.05) is 24.3 Å². The lowest BCUT2D eigenvalue weighted by molar-refractivity contribution is 0.681. The summed E-state index contributed by atoms with van der Waals surface area (Å²) >= 11 is -1.25. The molecule has 0 saturated carbocycles. The van der Waals surface area contributed by atoms with E-state index in [-0.39, 0.29) is 3.54 Å². The molecule has 0 fully saturated rings. The average molecular weight is 100 g/mol. The molecule has 0 aromatic rings. The zero-order chi connectivity index (χ0) is 5.21. The molecule has 0 aromatic carbocycles. The number of rotatable bonds is 0. The lowest BCUT2D eigenvalue weighted by Gasteiger charge is -2.07. The van der Waals surface area contributed by atoms with E-state index in [1.54, 1.807) is 0 Å². The lowest BCUT2D eigenvalue weighted by atomic mass is 10.2. The summed E-state index contributed by atoms with van der Waals surface area (Å²) < 4.78 is 11.7. The van der Waals surface area contributed by atoms with E-state index < -0.39 is 20.9 Å². The highest BCUT2D eigenvalue weighted by Crippen LogP contribution is 2.19. The van der Waals surface area contributed by atoms with E-state index in [9.17, 15) is 2.96 Å². The molecule has 0 bridgehead atoms. The van der Waals surface area contributed by atoms with Gasteiger partial charge in [0.15, 0.2) is 0 Å². The fourth-order valence-corrected chi connectivity index (χ4v) is 0. The van der Waals surface area contributed by atoms with Gasteiger partial charge in [-0.15, -0.1) is 0 Å². The summed E-state index contributed by atoms with van der Waals surface area (Å²) in [5, 5.41) is 0. The summed E-state index contributed by atoms with van der Waals surface area (Å²) in [5.74, 6) is 0. The Morgan fingerprint density at radius 3 is 1.50 bits per heavy atom. The van der Waals surface area contributed by atoms with E-state index in [4.69, 9.17) is 0 Å². The van der Waals surface area contributed by atoms with Gasteiger partial charge in [-0.2, -0.15) is 0 Å². The van der Waals surface area contributed by atoms with Crippen LogP contribution >= 0.6 is 0 Å². The minimum atomic E-state index is -1.25. The van der Waals surface area contributed by atoms with Crippen molar-refractivity contribution < 1.29 is 2.96 Å². The summed E-state index contributed by atoms with van der Waals surface area (Å²) in [7, 11) is 0. The summed E-state index contributed by atoms with van der Waals surface area (Å²) in [5.41, 5.74) is 0. The predicted molar refractivity (Wildman–Crippen MR) is 26.6 cm³/mol. The van der Waals surface area contributed by atoms with Gasteiger partial charge in [0, 0.05) is 0 Å². The maximum atomic E-state index is 11.6. The Labute approximate surface area is 48.6 Å². The highest BCUT2D eigenvalue weighted by atomic mass is 24.6. The Bertz CT molecular complexity index is 37.3. The predicted octanol–water partition coefficient (Wildman–Crippen LogP) is 1.79. The lowest BCUT2D eigenvalue weighted by Crippen LogP contribution is -2.00. The van der Waals surface area contributed by atoms with E-state index in [0.29, 0.717) is 0 Å². The molecule has 2 heteroatoms. The van der Waals surface area contributed by atoms with Crippen molar-refractivity contribution in [1.29, 1.82) is 0 Å². The molecule has 0 radical (unpaired) electrons. The van der Waals surface area contributed by atoms with E-state index in [0.717, 1.165) is 0 Å². The first kappa shape index (κ1) is 6.70. The number of hydrogen-bond acceptors (Lipinski definition) is 0. The topological polar surface area (TPSA) is 0 Å². The van der Waals surface area contributed by atoms with E-state index >= 15 is 0 Å². The zero-order valence-corrected chi connectivity index (χ0v) is 6.00. The van der Waals surface area contributed by atoms with Gasteiger partial charge in [-0.3, -0.25) is 0 Å². The molecule has 0 heterocycles. The largest absolute Gasteiger partial charge is 0.620 e. The molecule has 34 valence electrons. The molecule has 0 aliphatic rings. The summed E-state index contributed by atoms with van der Waals surface area (Å²) in [6.45, 7) is 5.79. The molecule has 0 N–H and O–H groups in total. The van der Waals surface area contributed by atoms with Crippen molar-refractivity contribution in [2.75, 3.05) is 0 Å². The minimum absolute atomic E-state index is 0.0139. The fraction of sp³-hybridized carbons (Fsp3) is 1.00. The van der Waals surface area contributed by atoms with Gasteiger partial charge in [0.05, 0.1) is 0 Å². The molecule has 0 amide bonds. The Hall–Kier alpha value is 0.696. The maximum Gasteiger partial charge on any atom is 0.620 e. The van der Waals surface area contributed by atoms with Crippen molar-refractivity contribution in [3.8, 4) is 0 Å². The monoisotopic (exact) mass is 100 g/mol. The van der Waals surface area contributed by atoms with Crippen LogP contribution in [-0.4, -0.2) is 20.9 Å². The van der Waals surface area contributed by atoms with Crippen molar-refractivity contribution in [1.82, 2.24) is 0 Å². The van der Waals surface area contributed by atoms with Gasteiger partial charge >= 0.3 is 20.9 Å². The highest BCUT2D eigenvalue weighted by Gasteiger charge is 2.14. The summed E-state index contributed by atoms with van der Waals surface area (Å²) in [6.07, 6.45) is 0. The van der Waals surface area contributed by atoms with Crippen molar-refractivity contribution >= 4 is 20.9 Å². The Kier molecular flexibility index (Phi) is 2.37. The first-order chi connectivity index (χ1) is 2.56. The first-order valence-corrected chi connectivity index (χ1v) is 3.36. The third-order valence-corrected chi connectivity index (χ3v) is 1.20. The van der Waals surface area contributed by atoms with E-state index in [1.807, 2.05) is 20.8 Å². The molecule has 0 aromatic heterocycles. The van der Waals surface area contributed by atoms with Gasteiger partial charge in [0.25, 0.3) is 0 Å². The molecule has 0 aliphatic carbocycles. The Morgan fingerprint density at radius 2 is 1.50 bits per heavy atom. The minimum Gasteiger partial charge on any atom is -0.485 e. The smallest absolute Gasteiger partial charge is 0.485 e. The van der Waals surface area contributed by atoms with Gasteiger partial charge in [0.1, 0.15) is 0 Å². The summed E-state index contributed by atoms with van der Waals surface area (Å²) in [4.78, 5) is 0. The van der Waals surface area contributed by atoms with Crippen LogP contribution in [0.2, 0.25) is 3.54 Å².